The molecule has 3 aliphatic rings. The van der Waals surface area contributed by atoms with E-state index in [4.69, 9.17) is 0 Å². The number of nitrogens with zero attached hydrogens (tertiary/aromatic N) is 3. The van der Waals surface area contributed by atoms with E-state index in [0.29, 0.717) is 37.1 Å². The number of halogens is 1. The zero-order valence-electron chi connectivity index (χ0n) is 36.9. The number of carbonyl (C=O) groups excluding carboxylic acids is 6. The first-order valence-corrected chi connectivity index (χ1v) is 21.4. The van der Waals surface area contributed by atoms with Crippen molar-refractivity contribution in [2.45, 2.75) is 114 Å². The van der Waals surface area contributed by atoms with Crippen LogP contribution in [0.4, 0.5) is 31.0 Å². The fraction of sp³-hybridized carbons (Fsp3) is 0.478. The van der Waals surface area contributed by atoms with Crippen molar-refractivity contribution in [3.05, 3.63) is 89.7 Å². The third-order valence-electron chi connectivity index (χ3n) is 12.1. The van der Waals surface area contributed by atoms with E-state index < -0.39 is 71.2 Å². The second kappa shape index (κ2) is 19.6. The number of amides is 6. The Morgan fingerprint density at radius 1 is 0.609 bits per heavy atom. The van der Waals surface area contributed by atoms with E-state index in [1.807, 2.05) is 24.3 Å². The SMILES string of the molecule is COC(=O)NC(C(=O)N1CCCC1C(=O)Nc1ccc(C2CCC(c3ccc(NC(=O)C4CCCN4C(=O)C(NC(=O)OC)C(C)(C)O)cc3)N2c2ccc(F)cc2)cc1)C(C)(C)O. The number of anilines is 3. The van der Waals surface area contributed by atoms with E-state index in [2.05, 4.69) is 35.6 Å². The topological polar surface area (TPSA) is 219 Å². The van der Waals surface area contributed by atoms with E-state index in [9.17, 15) is 43.4 Å². The number of carbonyl (C=O) groups is 6. The molecule has 64 heavy (non-hydrogen) atoms. The molecule has 3 aromatic rings. The minimum absolute atomic E-state index is 0.129. The van der Waals surface area contributed by atoms with Gasteiger partial charge in [0, 0.05) is 30.2 Å². The molecule has 3 heterocycles. The second-order valence-corrected chi connectivity index (χ2v) is 17.5. The van der Waals surface area contributed by atoms with Crippen molar-refractivity contribution in [3.8, 4) is 0 Å². The van der Waals surface area contributed by atoms with Crippen LogP contribution in [0.2, 0.25) is 0 Å². The van der Waals surface area contributed by atoms with Crippen molar-refractivity contribution in [1.82, 2.24) is 20.4 Å². The number of rotatable bonds is 13. The number of alkyl carbamates (subject to hydrolysis) is 2. The molecule has 0 spiro atoms. The monoisotopic (exact) mass is 887 g/mol. The van der Waals surface area contributed by atoms with Crippen molar-refractivity contribution < 1.29 is 52.8 Å². The maximum atomic E-state index is 14.2. The highest BCUT2D eigenvalue weighted by atomic mass is 19.1. The van der Waals surface area contributed by atoms with E-state index in [-0.39, 0.29) is 31.0 Å². The van der Waals surface area contributed by atoms with Gasteiger partial charge in [-0.2, -0.15) is 0 Å². The molecule has 344 valence electrons. The van der Waals surface area contributed by atoms with Crippen LogP contribution in [0.1, 0.15) is 89.4 Å². The summed E-state index contributed by atoms with van der Waals surface area (Å²) in [6.45, 7) is 6.12. The molecule has 18 heteroatoms. The third kappa shape index (κ3) is 10.7. The molecule has 6 unspecified atom stereocenters. The quantitative estimate of drug-likeness (QED) is 0.138. The van der Waals surface area contributed by atoms with E-state index in [1.165, 1.54) is 49.6 Å². The molecule has 0 aliphatic carbocycles. The summed E-state index contributed by atoms with van der Waals surface area (Å²) in [7, 11) is 2.30. The van der Waals surface area contributed by atoms with Crippen molar-refractivity contribution in [1.29, 1.82) is 0 Å². The molecule has 6 amide bonds. The largest absolute Gasteiger partial charge is 0.453 e. The predicted molar refractivity (Wildman–Crippen MR) is 234 cm³/mol. The normalized spacial score (nSPS) is 20.9. The van der Waals surface area contributed by atoms with Crippen LogP contribution < -0.4 is 26.2 Å². The lowest BCUT2D eigenvalue weighted by atomic mass is 9.97. The van der Waals surface area contributed by atoms with E-state index in [1.54, 1.807) is 36.4 Å². The van der Waals surface area contributed by atoms with Gasteiger partial charge in [-0.3, -0.25) is 19.2 Å². The van der Waals surface area contributed by atoms with Crippen LogP contribution in [0.5, 0.6) is 0 Å². The Morgan fingerprint density at radius 2 is 0.984 bits per heavy atom. The minimum atomic E-state index is -1.63. The number of methoxy groups -OCH3 is 2. The summed E-state index contributed by atoms with van der Waals surface area (Å²) in [5, 5.41) is 32.0. The molecule has 3 fully saturated rings. The van der Waals surface area contributed by atoms with Gasteiger partial charge in [0.05, 0.1) is 37.5 Å². The van der Waals surface area contributed by atoms with Crippen LogP contribution in [0.3, 0.4) is 0 Å². The number of likely N-dealkylation sites (tertiary alicyclic amines) is 2. The number of benzene rings is 3. The first kappa shape index (κ1) is 47.2. The van der Waals surface area contributed by atoms with Crippen LogP contribution in [-0.4, -0.2) is 119 Å². The number of aliphatic hydroxyl groups is 2. The van der Waals surface area contributed by atoms with Gasteiger partial charge >= 0.3 is 12.2 Å². The maximum absolute atomic E-state index is 14.2. The molecular formula is C46H58FN7O10. The van der Waals surface area contributed by atoms with Crippen LogP contribution >= 0.6 is 0 Å². The molecule has 3 aliphatic heterocycles. The maximum Gasteiger partial charge on any atom is 0.407 e. The lowest BCUT2D eigenvalue weighted by Crippen LogP contribution is -2.60. The standard InChI is InChI=1S/C46H58FN7O10/c1-45(2,61)37(50-43(59)63-5)41(57)52-25-7-9-35(52)39(55)48-30-17-11-27(12-18-30)33-23-24-34(54(33)32-21-15-29(47)16-22-32)28-13-19-31(20-14-28)49-40(56)36-10-8-26-53(36)42(58)38(46(3,4)62)51-44(60)64-6/h11-22,33-38,61-62H,7-10,23-26H2,1-6H3,(H,48,55)(H,49,56)(H,50,59)(H,51,60). The summed E-state index contributed by atoms with van der Waals surface area (Å²) in [6.07, 6.45) is 1.65. The van der Waals surface area contributed by atoms with Crippen molar-refractivity contribution >= 4 is 52.9 Å². The molecule has 0 radical (unpaired) electrons. The fourth-order valence-corrected chi connectivity index (χ4v) is 8.84. The summed E-state index contributed by atoms with van der Waals surface area (Å²) >= 11 is 0. The van der Waals surface area contributed by atoms with Gasteiger partial charge in [0.2, 0.25) is 23.6 Å². The molecule has 0 bridgehead atoms. The lowest BCUT2D eigenvalue weighted by molar-refractivity contribution is -0.143. The summed E-state index contributed by atoms with van der Waals surface area (Å²) in [4.78, 5) is 83.3. The molecule has 6 rings (SSSR count). The summed E-state index contributed by atoms with van der Waals surface area (Å²) in [5.41, 5.74) is 0.481. The molecule has 6 atom stereocenters. The van der Waals surface area contributed by atoms with Gasteiger partial charge in [-0.05, 0) is 126 Å². The molecule has 0 saturated carbocycles. The van der Waals surface area contributed by atoms with Gasteiger partial charge in [-0.25, -0.2) is 14.0 Å². The third-order valence-corrected chi connectivity index (χ3v) is 12.1. The predicted octanol–water partition coefficient (Wildman–Crippen LogP) is 4.76. The Morgan fingerprint density at radius 3 is 1.33 bits per heavy atom. The Hall–Kier alpha value is -6.27. The number of hydrogen-bond donors (Lipinski definition) is 6. The van der Waals surface area contributed by atoms with Crippen LogP contribution in [-0.2, 0) is 28.7 Å². The van der Waals surface area contributed by atoms with Gasteiger partial charge in [-0.1, -0.05) is 24.3 Å². The van der Waals surface area contributed by atoms with Crippen molar-refractivity contribution in [2.75, 3.05) is 42.8 Å². The number of nitrogens with one attached hydrogen (secondary N) is 4. The zero-order chi connectivity index (χ0) is 46.5. The average Bonchev–Trinajstić information content (AvgIpc) is 4.05. The molecule has 3 saturated heterocycles. The molecule has 17 nitrogen and oxygen atoms in total. The highest BCUT2D eigenvalue weighted by molar-refractivity contribution is 6.00. The van der Waals surface area contributed by atoms with E-state index in [0.717, 1.165) is 43.9 Å². The molecular weight excluding hydrogens is 830 g/mol. The Balaban J connectivity index is 1.14. The first-order valence-electron chi connectivity index (χ1n) is 21.4. The van der Waals surface area contributed by atoms with Gasteiger partial charge in [-0.15, -0.1) is 0 Å². The number of ether oxygens (including phenoxy) is 2. The minimum Gasteiger partial charge on any atom is -0.453 e. The average molecular weight is 888 g/mol. The van der Waals surface area contributed by atoms with Crippen molar-refractivity contribution in [2.24, 2.45) is 0 Å². The zero-order valence-corrected chi connectivity index (χ0v) is 36.9. The summed E-state index contributed by atoms with van der Waals surface area (Å²) in [6, 6.07) is 16.6. The van der Waals surface area contributed by atoms with Crippen LogP contribution in [0.15, 0.2) is 72.8 Å². The fourth-order valence-electron chi connectivity index (χ4n) is 8.84. The molecule has 0 aromatic heterocycles. The molecule has 6 N–H and O–H groups in total. The Kier molecular flexibility index (Phi) is 14.5. The Labute approximate surface area is 371 Å². The van der Waals surface area contributed by atoms with Gasteiger partial charge in [0.1, 0.15) is 30.0 Å². The summed E-state index contributed by atoms with van der Waals surface area (Å²) < 4.78 is 23.5. The van der Waals surface area contributed by atoms with Crippen LogP contribution in [0.25, 0.3) is 0 Å². The highest BCUT2D eigenvalue weighted by Crippen LogP contribution is 2.47. The van der Waals surface area contributed by atoms with E-state index >= 15 is 0 Å². The highest BCUT2D eigenvalue weighted by Gasteiger charge is 2.45. The van der Waals surface area contributed by atoms with Gasteiger partial charge in [0.15, 0.2) is 0 Å². The number of hydrogen-bond acceptors (Lipinski definition) is 11. The van der Waals surface area contributed by atoms with Crippen molar-refractivity contribution in [3.63, 3.8) is 0 Å². The van der Waals surface area contributed by atoms with Gasteiger partial charge in [0.25, 0.3) is 0 Å². The Bertz CT molecular complexity index is 2040. The van der Waals surface area contributed by atoms with Crippen LogP contribution in [0, 0.1) is 5.82 Å². The second-order valence-electron chi connectivity index (χ2n) is 17.5. The van der Waals surface area contributed by atoms with Gasteiger partial charge < -0.3 is 55.7 Å². The first-order chi connectivity index (χ1) is 30.3. The summed E-state index contributed by atoms with van der Waals surface area (Å²) in [5.74, 6) is -2.37. The molecule has 3 aromatic carbocycles. The smallest absolute Gasteiger partial charge is 0.407 e. The lowest BCUT2D eigenvalue weighted by Gasteiger charge is -2.34.